The Morgan fingerprint density at radius 1 is 1.04 bits per heavy atom. The summed E-state index contributed by atoms with van der Waals surface area (Å²) in [6, 6.07) is 12.2. The van der Waals surface area contributed by atoms with E-state index in [1.807, 2.05) is 0 Å². The van der Waals surface area contributed by atoms with Crippen LogP contribution in [0.5, 0.6) is 17.2 Å². The quantitative estimate of drug-likeness (QED) is 0.533. The van der Waals surface area contributed by atoms with Crippen molar-refractivity contribution in [2.75, 3.05) is 14.2 Å². The van der Waals surface area contributed by atoms with Gasteiger partial charge in [0.15, 0.2) is 5.75 Å². The first kappa shape index (κ1) is 16.2. The largest absolute Gasteiger partial charge is 0.497 e. The number of benzene rings is 2. The zero-order chi connectivity index (χ0) is 18.3. The van der Waals surface area contributed by atoms with Crippen molar-refractivity contribution in [3.8, 4) is 17.2 Å². The molecule has 6 heteroatoms. The van der Waals surface area contributed by atoms with E-state index in [4.69, 9.17) is 18.6 Å². The Morgan fingerprint density at radius 3 is 2.62 bits per heavy atom. The van der Waals surface area contributed by atoms with Gasteiger partial charge in [-0.15, -0.1) is 0 Å². The van der Waals surface area contributed by atoms with Gasteiger partial charge >= 0.3 is 11.6 Å². The zero-order valence-corrected chi connectivity index (χ0v) is 14.3. The number of rotatable bonds is 3. The van der Waals surface area contributed by atoms with Crippen molar-refractivity contribution in [1.29, 1.82) is 0 Å². The second-order valence-corrected chi connectivity index (χ2v) is 5.98. The summed E-state index contributed by atoms with van der Waals surface area (Å²) in [6.45, 7) is 0. The lowest BCUT2D eigenvalue weighted by molar-refractivity contribution is -0.137. The molecule has 1 atom stereocenters. The van der Waals surface area contributed by atoms with Crippen molar-refractivity contribution >= 4 is 16.9 Å². The second-order valence-electron chi connectivity index (χ2n) is 5.98. The van der Waals surface area contributed by atoms with E-state index in [0.29, 0.717) is 33.6 Å². The van der Waals surface area contributed by atoms with Crippen LogP contribution in [0.15, 0.2) is 51.7 Å². The highest BCUT2D eigenvalue weighted by molar-refractivity contribution is 5.92. The van der Waals surface area contributed by atoms with Gasteiger partial charge in [0.05, 0.1) is 31.1 Å². The van der Waals surface area contributed by atoms with Crippen molar-refractivity contribution in [3.05, 3.63) is 64.0 Å². The van der Waals surface area contributed by atoms with Crippen molar-refractivity contribution in [2.24, 2.45) is 0 Å². The standard InChI is InChI=1S/C20H16O6/c1-23-11-7-8-16(24-2)13(9-11)14-10-15-18(26-19(14)21)12-5-3-4-6-17(12)25-20(15)22/h3-9,14H,10H2,1-2H3. The third kappa shape index (κ3) is 2.50. The van der Waals surface area contributed by atoms with Gasteiger partial charge in [0.1, 0.15) is 17.1 Å². The number of fused-ring (bicyclic) bond motifs is 3. The smallest absolute Gasteiger partial charge is 0.343 e. The van der Waals surface area contributed by atoms with Gasteiger partial charge in [-0.3, -0.25) is 4.79 Å². The summed E-state index contributed by atoms with van der Waals surface area (Å²) in [5, 5.41) is 0.603. The molecule has 0 bridgehead atoms. The summed E-state index contributed by atoms with van der Waals surface area (Å²) in [5.74, 6) is 0.266. The molecule has 1 aliphatic rings. The minimum Gasteiger partial charge on any atom is -0.497 e. The van der Waals surface area contributed by atoms with Gasteiger partial charge < -0.3 is 18.6 Å². The average Bonchev–Trinajstić information content (AvgIpc) is 2.67. The van der Waals surface area contributed by atoms with E-state index < -0.39 is 17.5 Å². The fourth-order valence-electron chi connectivity index (χ4n) is 3.26. The minimum absolute atomic E-state index is 0.171. The number of ether oxygens (including phenoxy) is 3. The summed E-state index contributed by atoms with van der Waals surface area (Å²) in [5.41, 5.74) is 0.841. The number of carbonyl (C=O) groups is 1. The monoisotopic (exact) mass is 352 g/mol. The number of esters is 1. The van der Waals surface area contributed by atoms with E-state index in [2.05, 4.69) is 0 Å². The van der Waals surface area contributed by atoms with Gasteiger partial charge in [0.25, 0.3) is 0 Å². The molecule has 2 heterocycles. The molecule has 1 aromatic heterocycles. The SMILES string of the molecule is COc1ccc(OC)c(C2Cc3c(c4ccccc4oc3=O)OC2=O)c1. The van der Waals surface area contributed by atoms with Crippen LogP contribution in [-0.4, -0.2) is 20.2 Å². The molecule has 0 N–H and O–H groups in total. The van der Waals surface area contributed by atoms with Gasteiger partial charge in [-0.25, -0.2) is 4.79 Å². The van der Waals surface area contributed by atoms with Gasteiger partial charge in [0.2, 0.25) is 0 Å². The first-order chi connectivity index (χ1) is 12.6. The first-order valence-corrected chi connectivity index (χ1v) is 8.10. The molecule has 1 aliphatic heterocycles. The number of para-hydroxylation sites is 1. The fourth-order valence-corrected chi connectivity index (χ4v) is 3.26. The van der Waals surface area contributed by atoms with E-state index in [9.17, 15) is 9.59 Å². The summed E-state index contributed by atoms with van der Waals surface area (Å²) in [6.07, 6.45) is 0.171. The van der Waals surface area contributed by atoms with E-state index in [-0.39, 0.29) is 12.2 Å². The number of methoxy groups -OCH3 is 2. The predicted octanol–water partition coefficient (Wildman–Crippen LogP) is 3.06. The first-order valence-electron chi connectivity index (χ1n) is 8.10. The normalized spacial score (nSPS) is 16.1. The van der Waals surface area contributed by atoms with Crippen molar-refractivity contribution in [2.45, 2.75) is 12.3 Å². The van der Waals surface area contributed by atoms with Crippen LogP contribution in [0, 0.1) is 0 Å². The molecule has 6 nitrogen and oxygen atoms in total. The Balaban J connectivity index is 1.86. The highest BCUT2D eigenvalue weighted by atomic mass is 16.5. The molecule has 0 spiro atoms. The van der Waals surface area contributed by atoms with E-state index in [1.165, 1.54) is 7.11 Å². The Morgan fingerprint density at radius 2 is 1.85 bits per heavy atom. The summed E-state index contributed by atoms with van der Waals surface area (Å²) < 4.78 is 21.6. The van der Waals surface area contributed by atoms with Crippen LogP contribution in [0.25, 0.3) is 11.0 Å². The van der Waals surface area contributed by atoms with Gasteiger partial charge in [-0.1, -0.05) is 12.1 Å². The molecular formula is C20H16O6. The number of hydrogen-bond acceptors (Lipinski definition) is 6. The second kappa shape index (κ2) is 6.22. The number of carbonyl (C=O) groups excluding carboxylic acids is 1. The Labute approximate surface area is 148 Å². The predicted molar refractivity (Wildman–Crippen MR) is 94.1 cm³/mol. The average molecular weight is 352 g/mol. The molecule has 0 aliphatic carbocycles. The molecular weight excluding hydrogens is 336 g/mol. The topological polar surface area (TPSA) is 75.0 Å². The lowest BCUT2D eigenvalue weighted by Crippen LogP contribution is -2.30. The van der Waals surface area contributed by atoms with Crippen LogP contribution < -0.4 is 19.8 Å². The molecule has 0 fully saturated rings. The highest BCUT2D eigenvalue weighted by Gasteiger charge is 2.35. The van der Waals surface area contributed by atoms with Crippen LogP contribution >= 0.6 is 0 Å². The lowest BCUT2D eigenvalue weighted by atomic mass is 9.89. The molecule has 1 unspecified atom stereocenters. The third-order valence-corrected chi connectivity index (χ3v) is 4.56. The Kier molecular flexibility index (Phi) is 3.88. The molecule has 0 saturated carbocycles. The van der Waals surface area contributed by atoms with Crippen LogP contribution in [-0.2, 0) is 11.2 Å². The summed E-state index contributed by atoms with van der Waals surface area (Å²) in [7, 11) is 3.07. The van der Waals surface area contributed by atoms with E-state index in [0.717, 1.165) is 0 Å². The maximum atomic E-state index is 12.7. The van der Waals surface area contributed by atoms with Crippen molar-refractivity contribution < 1.29 is 23.4 Å². The van der Waals surface area contributed by atoms with Crippen LogP contribution in [0.2, 0.25) is 0 Å². The zero-order valence-electron chi connectivity index (χ0n) is 14.3. The minimum atomic E-state index is -0.684. The fraction of sp³-hybridized carbons (Fsp3) is 0.200. The molecule has 132 valence electrons. The molecule has 0 radical (unpaired) electrons. The molecule has 26 heavy (non-hydrogen) atoms. The summed E-state index contributed by atoms with van der Waals surface area (Å²) >= 11 is 0. The number of hydrogen-bond donors (Lipinski definition) is 0. The maximum absolute atomic E-state index is 12.7. The third-order valence-electron chi connectivity index (χ3n) is 4.56. The van der Waals surface area contributed by atoms with E-state index in [1.54, 1.807) is 49.6 Å². The lowest BCUT2D eigenvalue weighted by Gasteiger charge is -2.25. The van der Waals surface area contributed by atoms with Crippen molar-refractivity contribution in [3.63, 3.8) is 0 Å². The van der Waals surface area contributed by atoms with Gasteiger partial charge in [-0.05, 0) is 30.3 Å². The maximum Gasteiger partial charge on any atom is 0.343 e. The molecule has 0 saturated heterocycles. The van der Waals surface area contributed by atoms with Gasteiger partial charge in [0, 0.05) is 12.0 Å². The van der Waals surface area contributed by atoms with Gasteiger partial charge in [-0.2, -0.15) is 0 Å². The molecule has 3 aromatic rings. The van der Waals surface area contributed by atoms with Crippen LogP contribution in [0.3, 0.4) is 0 Å². The molecule has 2 aromatic carbocycles. The highest BCUT2D eigenvalue weighted by Crippen LogP contribution is 2.40. The van der Waals surface area contributed by atoms with Crippen LogP contribution in [0.4, 0.5) is 0 Å². The van der Waals surface area contributed by atoms with Crippen LogP contribution in [0.1, 0.15) is 17.0 Å². The Bertz CT molecular complexity index is 1070. The molecule has 4 rings (SSSR count). The van der Waals surface area contributed by atoms with Crippen molar-refractivity contribution in [1.82, 2.24) is 0 Å². The molecule has 0 amide bonds. The summed E-state index contributed by atoms with van der Waals surface area (Å²) in [4.78, 5) is 25.2. The van der Waals surface area contributed by atoms with E-state index >= 15 is 0 Å². The Hall–Kier alpha value is -3.28.